The molecule has 0 fully saturated rings. The van der Waals surface area contributed by atoms with Gasteiger partial charge in [0.25, 0.3) is 10.0 Å². The topological polar surface area (TPSA) is 85.4 Å². The summed E-state index contributed by atoms with van der Waals surface area (Å²) in [6.45, 7) is 1.61. The number of esters is 1. The van der Waals surface area contributed by atoms with Crippen LogP contribution >= 0.6 is 22.9 Å². The zero-order chi connectivity index (χ0) is 15.6. The first-order valence-electron chi connectivity index (χ1n) is 5.67. The molecule has 0 bridgehead atoms. The molecule has 1 N–H and O–H groups in total. The minimum Gasteiger partial charge on any atom is -0.465 e. The fourth-order valence-electron chi connectivity index (χ4n) is 1.56. The highest BCUT2D eigenvalue weighted by atomic mass is 35.5. The maximum atomic E-state index is 12.3. The number of thiazole rings is 1. The van der Waals surface area contributed by atoms with E-state index in [1.807, 2.05) is 0 Å². The van der Waals surface area contributed by atoms with E-state index >= 15 is 0 Å². The normalized spacial score (nSPS) is 11.2. The highest BCUT2D eigenvalue weighted by Crippen LogP contribution is 2.26. The van der Waals surface area contributed by atoms with Crippen LogP contribution in [-0.2, 0) is 14.8 Å². The first kappa shape index (κ1) is 15.7. The Balaban J connectivity index is 2.31. The molecule has 0 aliphatic carbocycles. The van der Waals surface area contributed by atoms with Crippen molar-refractivity contribution in [3.8, 4) is 0 Å². The Morgan fingerprint density at radius 1 is 1.43 bits per heavy atom. The molecule has 112 valence electrons. The number of halogens is 1. The van der Waals surface area contributed by atoms with Crippen LogP contribution in [0.5, 0.6) is 0 Å². The molecule has 0 unspecified atom stereocenters. The number of aromatic nitrogens is 1. The van der Waals surface area contributed by atoms with Crippen molar-refractivity contribution in [2.75, 3.05) is 11.8 Å². The molecule has 9 heteroatoms. The van der Waals surface area contributed by atoms with Gasteiger partial charge in [0.2, 0.25) is 0 Å². The van der Waals surface area contributed by atoms with Crippen molar-refractivity contribution in [2.45, 2.75) is 11.8 Å². The first-order valence-corrected chi connectivity index (χ1v) is 8.35. The standard InChI is InChI=1S/C12H11ClN2O4S2/c1-7-8(13)4-3-5-10(7)21(17,18)15-12-14-6-9(20-12)11(16)19-2/h3-6H,1-2H3,(H,14,15). The van der Waals surface area contributed by atoms with Gasteiger partial charge in [-0.15, -0.1) is 0 Å². The molecule has 0 saturated carbocycles. The van der Waals surface area contributed by atoms with E-state index in [2.05, 4.69) is 14.4 Å². The Kier molecular flexibility index (Phi) is 4.50. The molecule has 0 saturated heterocycles. The van der Waals surface area contributed by atoms with Crippen molar-refractivity contribution in [1.29, 1.82) is 0 Å². The second-order valence-electron chi connectivity index (χ2n) is 3.99. The summed E-state index contributed by atoms with van der Waals surface area (Å²) in [5, 5.41) is 0.432. The van der Waals surface area contributed by atoms with Crippen LogP contribution < -0.4 is 4.72 Å². The van der Waals surface area contributed by atoms with Crippen LogP contribution in [0.2, 0.25) is 5.02 Å². The highest BCUT2D eigenvalue weighted by Gasteiger charge is 2.20. The smallest absolute Gasteiger partial charge is 0.349 e. The molecule has 0 aliphatic rings. The average Bonchev–Trinajstić information content (AvgIpc) is 2.88. The summed E-state index contributed by atoms with van der Waals surface area (Å²) in [5.41, 5.74) is 0.441. The van der Waals surface area contributed by atoms with E-state index in [0.29, 0.717) is 10.6 Å². The molecule has 0 radical (unpaired) electrons. The minimum absolute atomic E-state index is 0.0600. The number of methoxy groups -OCH3 is 1. The molecule has 0 aliphatic heterocycles. The number of sulfonamides is 1. The zero-order valence-corrected chi connectivity index (χ0v) is 13.5. The van der Waals surface area contributed by atoms with Crippen LogP contribution in [0.3, 0.4) is 0 Å². The molecular formula is C12H11ClN2O4S2. The number of anilines is 1. The first-order chi connectivity index (χ1) is 9.85. The molecule has 1 aromatic carbocycles. The van der Waals surface area contributed by atoms with E-state index in [-0.39, 0.29) is 14.9 Å². The largest absolute Gasteiger partial charge is 0.465 e. The minimum atomic E-state index is -3.82. The van der Waals surface area contributed by atoms with Gasteiger partial charge in [-0.2, -0.15) is 0 Å². The quantitative estimate of drug-likeness (QED) is 0.860. The van der Waals surface area contributed by atoms with Gasteiger partial charge in [0.15, 0.2) is 5.13 Å². The molecule has 0 amide bonds. The van der Waals surface area contributed by atoms with E-state index in [1.54, 1.807) is 19.1 Å². The Labute approximate surface area is 130 Å². The Bertz CT molecular complexity index is 786. The van der Waals surface area contributed by atoms with E-state index in [9.17, 15) is 13.2 Å². The number of rotatable bonds is 4. The summed E-state index contributed by atoms with van der Waals surface area (Å²) in [4.78, 5) is 15.4. The average molecular weight is 347 g/mol. The molecule has 1 heterocycles. The number of carbonyl (C=O) groups excluding carboxylic acids is 1. The lowest BCUT2D eigenvalue weighted by Gasteiger charge is -2.08. The summed E-state index contributed by atoms with van der Waals surface area (Å²) < 4.78 is 31.5. The van der Waals surface area contributed by atoms with Gasteiger partial charge in [-0.1, -0.05) is 29.0 Å². The summed E-state index contributed by atoms with van der Waals surface area (Å²) in [6, 6.07) is 4.60. The third-order valence-electron chi connectivity index (χ3n) is 2.62. The third-order valence-corrected chi connectivity index (χ3v) is 5.54. The van der Waals surface area contributed by atoms with E-state index < -0.39 is 16.0 Å². The predicted octanol–water partition coefficient (Wildman–Crippen LogP) is 2.69. The fraction of sp³-hybridized carbons (Fsp3) is 0.167. The van der Waals surface area contributed by atoms with E-state index in [1.165, 1.54) is 19.4 Å². The number of hydrogen-bond donors (Lipinski definition) is 1. The number of nitrogens with one attached hydrogen (secondary N) is 1. The molecule has 21 heavy (non-hydrogen) atoms. The SMILES string of the molecule is COC(=O)c1cnc(NS(=O)(=O)c2cccc(Cl)c2C)s1. The number of carbonyl (C=O) groups is 1. The summed E-state index contributed by atoms with van der Waals surface area (Å²) in [7, 11) is -2.59. The molecule has 0 atom stereocenters. The lowest BCUT2D eigenvalue weighted by Crippen LogP contribution is -2.14. The summed E-state index contributed by atoms with van der Waals surface area (Å²) >= 11 is 6.81. The predicted molar refractivity (Wildman–Crippen MR) is 80.5 cm³/mol. The highest BCUT2D eigenvalue weighted by molar-refractivity contribution is 7.93. The van der Waals surface area contributed by atoms with Crippen molar-refractivity contribution in [1.82, 2.24) is 4.98 Å². The van der Waals surface area contributed by atoms with Crippen LogP contribution in [0.1, 0.15) is 15.2 Å². The Morgan fingerprint density at radius 3 is 2.81 bits per heavy atom. The molecule has 6 nitrogen and oxygen atoms in total. The fourth-order valence-corrected chi connectivity index (χ4v) is 4.04. The van der Waals surface area contributed by atoms with Gasteiger partial charge in [-0.05, 0) is 24.6 Å². The van der Waals surface area contributed by atoms with Gasteiger partial charge >= 0.3 is 5.97 Å². The van der Waals surface area contributed by atoms with Gasteiger partial charge in [0, 0.05) is 5.02 Å². The Morgan fingerprint density at radius 2 is 2.14 bits per heavy atom. The zero-order valence-electron chi connectivity index (χ0n) is 11.1. The lowest BCUT2D eigenvalue weighted by molar-refractivity contribution is 0.0606. The summed E-state index contributed by atoms with van der Waals surface area (Å²) in [5.74, 6) is -0.572. The van der Waals surface area contributed by atoms with E-state index in [4.69, 9.17) is 11.6 Å². The van der Waals surface area contributed by atoms with Gasteiger partial charge in [0.05, 0.1) is 18.2 Å². The van der Waals surface area contributed by atoms with Crippen molar-refractivity contribution in [3.05, 3.63) is 39.9 Å². The third kappa shape index (κ3) is 3.34. The van der Waals surface area contributed by atoms with Crippen molar-refractivity contribution < 1.29 is 17.9 Å². The molecule has 1 aromatic heterocycles. The van der Waals surface area contributed by atoms with E-state index in [0.717, 1.165) is 11.3 Å². The second-order valence-corrected chi connectivity index (χ2v) is 7.08. The van der Waals surface area contributed by atoms with Crippen LogP contribution in [0.15, 0.2) is 29.3 Å². The van der Waals surface area contributed by atoms with Crippen LogP contribution in [0.25, 0.3) is 0 Å². The summed E-state index contributed by atoms with van der Waals surface area (Å²) in [6.07, 6.45) is 1.25. The molecule has 0 spiro atoms. The Hall–Kier alpha value is -1.64. The second kappa shape index (κ2) is 6.00. The van der Waals surface area contributed by atoms with Gasteiger partial charge in [-0.3, -0.25) is 4.72 Å². The monoisotopic (exact) mass is 346 g/mol. The van der Waals surface area contributed by atoms with Gasteiger partial charge < -0.3 is 4.74 Å². The maximum absolute atomic E-state index is 12.3. The number of hydrogen-bond acceptors (Lipinski definition) is 6. The molecule has 2 rings (SSSR count). The lowest BCUT2D eigenvalue weighted by atomic mass is 10.2. The number of ether oxygens (including phenoxy) is 1. The van der Waals surface area contributed by atoms with Crippen LogP contribution in [0.4, 0.5) is 5.13 Å². The van der Waals surface area contributed by atoms with Crippen molar-refractivity contribution in [3.63, 3.8) is 0 Å². The van der Waals surface area contributed by atoms with Crippen molar-refractivity contribution in [2.24, 2.45) is 0 Å². The molecule has 2 aromatic rings. The number of nitrogens with zero attached hydrogens (tertiary/aromatic N) is 1. The maximum Gasteiger partial charge on any atom is 0.349 e. The van der Waals surface area contributed by atoms with Crippen LogP contribution in [-0.4, -0.2) is 26.5 Å². The van der Waals surface area contributed by atoms with Gasteiger partial charge in [-0.25, -0.2) is 18.2 Å². The van der Waals surface area contributed by atoms with Gasteiger partial charge in [0.1, 0.15) is 4.88 Å². The van der Waals surface area contributed by atoms with Crippen molar-refractivity contribution >= 4 is 44.1 Å². The molecular weight excluding hydrogens is 336 g/mol. The van der Waals surface area contributed by atoms with Crippen LogP contribution in [0, 0.1) is 6.92 Å². The number of benzene rings is 1.